The van der Waals surface area contributed by atoms with Crippen LogP contribution in [0.15, 0.2) is 34.2 Å². The summed E-state index contributed by atoms with van der Waals surface area (Å²) < 4.78 is 25.0. The number of benzene rings is 2. The van der Waals surface area contributed by atoms with Crippen molar-refractivity contribution in [3.8, 4) is 17.2 Å². The zero-order valence-corrected chi connectivity index (χ0v) is 15.4. The van der Waals surface area contributed by atoms with E-state index in [0.29, 0.717) is 11.3 Å². The first-order valence-corrected chi connectivity index (χ1v) is 8.10. The SMILES string of the molecule is COc1cc(Cl)c2c(=O)n(-c3cc(OC)c(F)cc3Cl)c(S)nc2c1. The van der Waals surface area contributed by atoms with Gasteiger partial charge in [0.1, 0.15) is 5.75 Å². The first-order chi connectivity index (χ1) is 11.9. The molecular weight excluding hydrogens is 390 g/mol. The summed E-state index contributed by atoms with van der Waals surface area (Å²) in [5.41, 5.74) is -0.00443. The van der Waals surface area contributed by atoms with Crippen molar-refractivity contribution in [2.45, 2.75) is 5.16 Å². The summed E-state index contributed by atoms with van der Waals surface area (Å²) in [6.07, 6.45) is 0. The summed E-state index contributed by atoms with van der Waals surface area (Å²) >= 11 is 16.6. The minimum Gasteiger partial charge on any atom is -0.497 e. The van der Waals surface area contributed by atoms with Crippen LogP contribution in [-0.2, 0) is 0 Å². The average molecular weight is 401 g/mol. The molecule has 0 N–H and O–H groups in total. The van der Waals surface area contributed by atoms with Crippen LogP contribution in [0.25, 0.3) is 16.6 Å². The van der Waals surface area contributed by atoms with Crippen molar-refractivity contribution in [1.29, 1.82) is 0 Å². The molecule has 0 spiro atoms. The lowest BCUT2D eigenvalue weighted by atomic mass is 10.2. The molecule has 0 aliphatic heterocycles. The van der Waals surface area contributed by atoms with Crippen LogP contribution in [0, 0.1) is 5.82 Å². The Kier molecular flexibility index (Phi) is 4.81. The van der Waals surface area contributed by atoms with Gasteiger partial charge in [0.15, 0.2) is 16.7 Å². The van der Waals surface area contributed by atoms with Crippen LogP contribution >= 0.6 is 35.8 Å². The van der Waals surface area contributed by atoms with Crippen molar-refractivity contribution in [1.82, 2.24) is 9.55 Å². The fourth-order valence-electron chi connectivity index (χ4n) is 2.41. The molecule has 0 amide bonds. The summed E-state index contributed by atoms with van der Waals surface area (Å²) in [5, 5.41) is 0.387. The number of nitrogens with zero attached hydrogens (tertiary/aromatic N) is 2. The van der Waals surface area contributed by atoms with E-state index in [9.17, 15) is 9.18 Å². The first-order valence-electron chi connectivity index (χ1n) is 6.90. The van der Waals surface area contributed by atoms with Crippen LogP contribution in [0.5, 0.6) is 11.5 Å². The van der Waals surface area contributed by atoms with Gasteiger partial charge in [-0.05, 0) is 12.1 Å². The average Bonchev–Trinajstić information content (AvgIpc) is 2.55. The van der Waals surface area contributed by atoms with E-state index in [1.165, 1.54) is 26.4 Å². The maximum Gasteiger partial charge on any atom is 0.268 e. The Morgan fingerprint density at radius 3 is 2.48 bits per heavy atom. The fraction of sp³-hybridized carbons (Fsp3) is 0.125. The maximum absolute atomic E-state index is 13.8. The summed E-state index contributed by atoms with van der Waals surface area (Å²) in [5.74, 6) is -0.266. The lowest BCUT2D eigenvalue weighted by Crippen LogP contribution is -2.22. The first kappa shape index (κ1) is 17.8. The molecule has 0 fully saturated rings. The van der Waals surface area contributed by atoms with Crippen LogP contribution in [-0.4, -0.2) is 23.8 Å². The molecule has 0 bridgehead atoms. The van der Waals surface area contributed by atoms with E-state index in [4.69, 9.17) is 32.7 Å². The van der Waals surface area contributed by atoms with Crippen molar-refractivity contribution < 1.29 is 13.9 Å². The standard InChI is InChI=1S/C16H11Cl2FN2O3S/c1-23-7-3-9(18)14-11(4-7)20-16(25)21(15(14)22)12-6-13(24-2)10(19)5-8(12)17/h3-6H,1-2H3,(H,20,25). The molecule has 25 heavy (non-hydrogen) atoms. The van der Waals surface area contributed by atoms with Gasteiger partial charge < -0.3 is 9.47 Å². The number of hydrogen-bond donors (Lipinski definition) is 1. The van der Waals surface area contributed by atoms with Gasteiger partial charge in [-0.15, -0.1) is 12.6 Å². The van der Waals surface area contributed by atoms with Gasteiger partial charge in [-0.1, -0.05) is 23.2 Å². The van der Waals surface area contributed by atoms with Crippen LogP contribution < -0.4 is 15.0 Å². The zero-order valence-electron chi connectivity index (χ0n) is 13.0. The molecule has 5 nitrogen and oxygen atoms in total. The predicted octanol–water partition coefficient (Wildman–Crippen LogP) is 4.14. The Labute approximate surface area is 157 Å². The predicted molar refractivity (Wildman–Crippen MR) is 97.7 cm³/mol. The number of rotatable bonds is 3. The third kappa shape index (κ3) is 3.03. The molecule has 0 atom stereocenters. The van der Waals surface area contributed by atoms with Crippen LogP contribution in [0.3, 0.4) is 0 Å². The minimum absolute atomic E-state index is 0.00137. The lowest BCUT2D eigenvalue weighted by Gasteiger charge is -2.14. The van der Waals surface area contributed by atoms with Gasteiger partial charge in [0, 0.05) is 12.1 Å². The lowest BCUT2D eigenvalue weighted by molar-refractivity contribution is 0.386. The highest BCUT2D eigenvalue weighted by atomic mass is 35.5. The Morgan fingerprint density at radius 2 is 1.84 bits per heavy atom. The molecular formula is C16H11Cl2FN2O3S. The van der Waals surface area contributed by atoms with Gasteiger partial charge in [-0.2, -0.15) is 0 Å². The van der Waals surface area contributed by atoms with Crippen molar-refractivity contribution in [2.75, 3.05) is 14.2 Å². The molecule has 3 rings (SSSR count). The molecule has 0 aliphatic carbocycles. The molecule has 2 aromatic carbocycles. The van der Waals surface area contributed by atoms with E-state index in [-0.39, 0.29) is 32.0 Å². The van der Waals surface area contributed by atoms with Crippen LogP contribution in [0.1, 0.15) is 0 Å². The Balaban J connectivity index is 2.39. The number of ether oxygens (including phenoxy) is 2. The maximum atomic E-state index is 13.8. The highest BCUT2D eigenvalue weighted by Gasteiger charge is 2.18. The van der Waals surface area contributed by atoms with E-state index < -0.39 is 11.4 Å². The second-order valence-corrected chi connectivity index (χ2v) is 6.21. The van der Waals surface area contributed by atoms with Crippen molar-refractivity contribution >= 4 is 46.7 Å². The second-order valence-electron chi connectivity index (χ2n) is 4.99. The Morgan fingerprint density at radius 1 is 1.12 bits per heavy atom. The van der Waals surface area contributed by atoms with Gasteiger partial charge in [0.05, 0.1) is 40.9 Å². The van der Waals surface area contributed by atoms with Gasteiger partial charge in [-0.3, -0.25) is 9.36 Å². The second kappa shape index (κ2) is 6.74. The van der Waals surface area contributed by atoms with Crippen molar-refractivity contribution in [3.63, 3.8) is 0 Å². The smallest absolute Gasteiger partial charge is 0.268 e. The topological polar surface area (TPSA) is 53.4 Å². The number of halogens is 3. The fourth-order valence-corrected chi connectivity index (χ4v) is 3.24. The van der Waals surface area contributed by atoms with Crippen LogP contribution in [0.4, 0.5) is 4.39 Å². The zero-order chi connectivity index (χ0) is 18.3. The quantitative estimate of drug-likeness (QED) is 0.530. The van der Waals surface area contributed by atoms with E-state index in [1.54, 1.807) is 6.07 Å². The van der Waals surface area contributed by atoms with E-state index in [0.717, 1.165) is 10.6 Å². The molecule has 3 aromatic rings. The summed E-state index contributed by atoms with van der Waals surface area (Å²) in [6.45, 7) is 0. The Hall–Kier alpha value is -1.96. The highest BCUT2D eigenvalue weighted by Crippen LogP contribution is 2.31. The molecule has 0 saturated carbocycles. The molecule has 0 unspecified atom stereocenters. The largest absolute Gasteiger partial charge is 0.497 e. The molecule has 130 valence electrons. The molecule has 0 aliphatic rings. The number of fused-ring (bicyclic) bond motifs is 1. The number of methoxy groups -OCH3 is 2. The van der Waals surface area contributed by atoms with Gasteiger partial charge >= 0.3 is 0 Å². The van der Waals surface area contributed by atoms with Crippen LogP contribution in [0.2, 0.25) is 10.0 Å². The third-order valence-corrected chi connectivity index (χ3v) is 4.48. The number of aromatic nitrogens is 2. The highest BCUT2D eigenvalue weighted by molar-refractivity contribution is 7.80. The molecule has 1 heterocycles. The summed E-state index contributed by atoms with van der Waals surface area (Å²) in [6, 6.07) is 5.42. The van der Waals surface area contributed by atoms with E-state index >= 15 is 0 Å². The van der Waals surface area contributed by atoms with Gasteiger partial charge in [0.25, 0.3) is 5.56 Å². The summed E-state index contributed by atoms with van der Waals surface area (Å²) in [4.78, 5) is 17.2. The molecule has 9 heteroatoms. The van der Waals surface area contributed by atoms with E-state index in [1.807, 2.05) is 0 Å². The van der Waals surface area contributed by atoms with Gasteiger partial charge in [-0.25, -0.2) is 9.37 Å². The number of thiol groups is 1. The third-order valence-electron chi connectivity index (χ3n) is 3.58. The van der Waals surface area contributed by atoms with E-state index in [2.05, 4.69) is 17.6 Å². The van der Waals surface area contributed by atoms with Gasteiger partial charge in [0.2, 0.25) is 0 Å². The normalized spacial score (nSPS) is 11.0. The minimum atomic E-state index is -0.651. The van der Waals surface area contributed by atoms with Crippen molar-refractivity contribution in [2.24, 2.45) is 0 Å². The summed E-state index contributed by atoms with van der Waals surface area (Å²) in [7, 11) is 2.78. The Bertz CT molecular complexity index is 1060. The monoisotopic (exact) mass is 400 g/mol. The molecule has 0 radical (unpaired) electrons. The number of hydrogen-bond acceptors (Lipinski definition) is 5. The molecule has 0 saturated heterocycles. The van der Waals surface area contributed by atoms with Crippen molar-refractivity contribution in [3.05, 3.63) is 50.5 Å². The molecule has 1 aromatic heterocycles.